The molecule has 0 aliphatic carbocycles. The summed E-state index contributed by atoms with van der Waals surface area (Å²) in [4.78, 5) is 38.9. The van der Waals surface area contributed by atoms with E-state index < -0.39 is 5.92 Å². The predicted molar refractivity (Wildman–Crippen MR) is 101 cm³/mol. The number of rotatable bonds is 6. The molecule has 1 aromatic rings. The second-order valence-corrected chi connectivity index (χ2v) is 7.42. The minimum Gasteiger partial charge on any atom is -0.376 e. The van der Waals surface area contributed by atoms with Crippen molar-refractivity contribution in [3.8, 4) is 0 Å². The Morgan fingerprint density at radius 1 is 1.30 bits per heavy atom. The predicted octanol–water partition coefficient (Wildman–Crippen LogP) is 1.79. The molecular formula is C20H27N3O4. The lowest BCUT2D eigenvalue weighted by Gasteiger charge is -2.21. The minimum absolute atomic E-state index is 0.00672. The summed E-state index contributed by atoms with van der Waals surface area (Å²) in [5, 5.41) is 5.71. The van der Waals surface area contributed by atoms with Gasteiger partial charge in [-0.3, -0.25) is 14.4 Å². The molecule has 0 bridgehead atoms. The normalized spacial score (nSPS) is 22.3. The van der Waals surface area contributed by atoms with Gasteiger partial charge in [-0.2, -0.15) is 0 Å². The summed E-state index contributed by atoms with van der Waals surface area (Å²) in [6, 6.07) is 6.99. The lowest BCUT2D eigenvalue weighted by molar-refractivity contribution is -0.129. The van der Waals surface area contributed by atoms with Crippen LogP contribution in [0.1, 0.15) is 43.5 Å². The van der Waals surface area contributed by atoms with Gasteiger partial charge < -0.3 is 20.3 Å². The number of benzene rings is 1. The molecule has 0 saturated carbocycles. The molecule has 2 heterocycles. The number of amides is 3. The van der Waals surface area contributed by atoms with E-state index >= 15 is 0 Å². The molecule has 2 aliphatic rings. The first kappa shape index (κ1) is 19.4. The van der Waals surface area contributed by atoms with Crippen LogP contribution in [0.2, 0.25) is 0 Å². The summed E-state index contributed by atoms with van der Waals surface area (Å²) >= 11 is 0. The molecule has 27 heavy (non-hydrogen) atoms. The second kappa shape index (κ2) is 8.52. The van der Waals surface area contributed by atoms with Crippen LogP contribution in [0, 0.1) is 5.92 Å². The second-order valence-electron chi connectivity index (χ2n) is 7.42. The van der Waals surface area contributed by atoms with E-state index in [-0.39, 0.29) is 36.3 Å². The standard InChI is InChI=1S/C20H27N3O4/c1-13(2)23-12-14(10-18(23)24)19(25)22-17-8-4-3-7-16(17)20(26)21-11-15-6-5-9-27-15/h3-4,7-8,13-15H,5-6,9-12H2,1-2H3,(H,21,26)(H,22,25)/t14-,15-/m1/s1. The van der Waals surface area contributed by atoms with Crippen LogP contribution in [-0.2, 0) is 14.3 Å². The number of para-hydroxylation sites is 1. The molecule has 2 atom stereocenters. The van der Waals surface area contributed by atoms with Crippen LogP contribution in [0.3, 0.4) is 0 Å². The number of ether oxygens (including phenoxy) is 1. The zero-order valence-corrected chi connectivity index (χ0v) is 15.9. The Labute approximate surface area is 159 Å². The minimum atomic E-state index is -0.400. The van der Waals surface area contributed by atoms with Crippen molar-refractivity contribution in [2.75, 3.05) is 25.0 Å². The van der Waals surface area contributed by atoms with Crippen molar-refractivity contribution in [2.24, 2.45) is 5.92 Å². The first-order valence-corrected chi connectivity index (χ1v) is 9.55. The average Bonchev–Trinajstić information content (AvgIpc) is 3.29. The van der Waals surface area contributed by atoms with Gasteiger partial charge >= 0.3 is 0 Å². The van der Waals surface area contributed by atoms with E-state index in [0.717, 1.165) is 19.4 Å². The van der Waals surface area contributed by atoms with Crippen molar-refractivity contribution in [3.63, 3.8) is 0 Å². The molecule has 0 radical (unpaired) electrons. The third kappa shape index (κ3) is 4.66. The third-order valence-electron chi connectivity index (χ3n) is 5.10. The smallest absolute Gasteiger partial charge is 0.253 e. The Hall–Kier alpha value is -2.41. The van der Waals surface area contributed by atoms with Gasteiger partial charge in [0.15, 0.2) is 0 Å². The average molecular weight is 373 g/mol. The van der Waals surface area contributed by atoms with Crippen molar-refractivity contribution in [2.45, 2.75) is 45.3 Å². The maximum absolute atomic E-state index is 12.6. The van der Waals surface area contributed by atoms with Gasteiger partial charge in [-0.25, -0.2) is 0 Å². The molecule has 1 aromatic carbocycles. The van der Waals surface area contributed by atoms with Crippen LogP contribution < -0.4 is 10.6 Å². The quantitative estimate of drug-likeness (QED) is 0.796. The highest BCUT2D eigenvalue weighted by atomic mass is 16.5. The summed E-state index contributed by atoms with van der Waals surface area (Å²) in [5.41, 5.74) is 0.872. The molecule has 3 amide bonds. The number of likely N-dealkylation sites (tertiary alicyclic amines) is 1. The first-order valence-electron chi connectivity index (χ1n) is 9.55. The molecule has 2 fully saturated rings. The van der Waals surface area contributed by atoms with Gasteiger partial charge in [-0.15, -0.1) is 0 Å². The number of carbonyl (C=O) groups excluding carboxylic acids is 3. The number of hydrogen-bond acceptors (Lipinski definition) is 4. The van der Waals surface area contributed by atoms with Gasteiger partial charge in [0.05, 0.1) is 23.3 Å². The Bertz CT molecular complexity index is 713. The summed E-state index contributed by atoms with van der Waals surface area (Å²) in [5.74, 6) is -0.880. The van der Waals surface area contributed by atoms with Crippen molar-refractivity contribution >= 4 is 23.4 Å². The van der Waals surface area contributed by atoms with Gasteiger partial charge in [-0.1, -0.05) is 12.1 Å². The van der Waals surface area contributed by atoms with Gasteiger partial charge in [-0.05, 0) is 38.8 Å². The molecule has 0 unspecified atom stereocenters. The van der Waals surface area contributed by atoms with Gasteiger partial charge in [0.1, 0.15) is 0 Å². The van der Waals surface area contributed by atoms with Crippen LogP contribution in [0.5, 0.6) is 0 Å². The summed E-state index contributed by atoms with van der Waals surface area (Å²) in [6.45, 7) is 5.48. The SMILES string of the molecule is CC(C)N1C[C@H](C(=O)Nc2ccccc2C(=O)NC[C@H]2CCCO2)CC1=O. The topological polar surface area (TPSA) is 87.7 Å². The van der Waals surface area contributed by atoms with Crippen LogP contribution in [0.25, 0.3) is 0 Å². The van der Waals surface area contributed by atoms with Crippen LogP contribution in [0.4, 0.5) is 5.69 Å². The number of anilines is 1. The zero-order valence-electron chi connectivity index (χ0n) is 15.9. The lowest BCUT2D eigenvalue weighted by Crippen LogP contribution is -2.34. The van der Waals surface area contributed by atoms with E-state index in [1.165, 1.54) is 0 Å². The molecule has 2 aliphatic heterocycles. The Morgan fingerprint density at radius 3 is 2.74 bits per heavy atom. The van der Waals surface area contributed by atoms with Crippen LogP contribution >= 0.6 is 0 Å². The number of carbonyl (C=O) groups is 3. The van der Waals surface area contributed by atoms with E-state index in [1.54, 1.807) is 29.2 Å². The molecule has 0 spiro atoms. The zero-order chi connectivity index (χ0) is 19.4. The van der Waals surface area contributed by atoms with E-state index in [4.69, 9.17) is 4.74 Å². The largest absolute Gasteiger partial charge is 0.376 e. The molecule has 7 nitrogen and oxygen atoms in total. The van der Waals surface area contributed by atoms with Crippen LogP contribution in [-0.4, -0.2) is 54.5 Å². The Morgan fingerprint density at radius 2 is 2.07 bits per heavy atom. The van der Waals surface area contributed by atoms with E-state index in [0.29, 0.717) is 24.3 Å². The van der Waals surface area contributed by atoms with Crippen molar-refractivity contribution < 1.29 is 19.1 Å². The third-order valence-corrected chi connectivity index (χ3v) is 5.10. The molecule has 2 N–H and O–H groups in total. The fourth-order valence-electron chi connectivity index (χ4n) is 3.54. The Balaban J connectivity index is 1.62. The molecule has 0 aromatic heterocycles. The molecular weight excluding hydrogens is 346 g/mol. The van der Waals surface area contributed by atoms with E-state index in [2.05, 4.69) is 10.6 Å². The van der Waals surface area contributed by atoms with Gasteiger partial charge in [0, 0.05) is 32.2 Å². The molecule has 3 rings (SSSR count). The maximum atomic E-state index is 12.6. The monoisotopic (exact) mass is 373 g/mol. The Kier molecular flexibility index (Phi) is 6.11. The molecule has 7 heteroatoms. The molecule has 146 valence electrons. The summed E-state index contributed by atoms with van der Waals surface area (Å²) < 4.78 is 5.52. The van der Waals surface area contributed by atoms with Crippen molar-refractivity contribution in [1.82, 2.24) is 10.2 Å². The first-order chi connectivity index (χ1) is 13.0. The van der Waals surface area contributed by atoms with E-state index in [9.17, 15) is 14.4 Å². The summed E-state index contributed by atoms with van der Waals surface area (Å²) in [7, 11) is 0. The highest BCUT2D eigenvalue weighted by molar-refractivity contribution is 6.05. The highest BCUT2D eigenvalue weighted by Crippen LogP contribution is 2.23. The maximum Gasteiger partial charge on any atom is 0.253 e. The van der Waals surface area contributed by atoms with E-state index in [1.807, 2.05) is 13.8 Å². The fourth-order valence-corrected chi connectivity index (χ4v) is 3.54. The lowest BCUT2D eigenvalue weighted by atomic mass is 10.1. The number of nitrogens with zero attached hydrogens (tertiary/aromatic N) is 1. The van der Waals surface area contributed by atoms with Crippen molar-refractivity contribution in [1.29, 1.82) is 0 Å². The van der Waals surface area contributed by atoms with Gasteiger partial charge in [0.2, 0.25) is 11.8 Å². The number of hydrogen-bond donors (Lipinski definition) is 2. The fraction of sp³-hybridized carbons (Fsp3) is 0.550. The van der Waals surface area contributed by atoms with Crippen molar-refractivity contribution in [3.05, 3.63) is 29.8 Å². The molecule has 2 saturated heterocycles. The number of nitrogens with one attached hydrogen (secondary N) is 2. The van der Waals surface area contributed by atoms with Gasteiger partial charge in [0.25, 0.3) is 5.91 Å². The highest BCUT2D eigenvalue weighted by Gasteiger charge is 2.35. The van der Waals surface area contributed by atoms with Crippen LogP contribution in [0.15, 0.2) is 24.3 Å². The summed E-state index contributed by atoms with van der Waals surface area (Å²) in [6.07, 6.45) is 2.22.